The minimum atomic E-state index is -0.0263. The topological polar surface area (TPSA) is 26.7 Å². The second-order valence-electron chi connectivity index (χ2n) is 5.35. The molecule has 1 N–H and O–H groups in total. The van der Waals surface area contributed by atoms with Crippen molar-refractivity contribution < 1.29 is 5.11 Å². The van der Waals surface area contributed by atoms with Crippen LogP contribution in [0.25, 0.3) is 0 Å². The molecule has 0 bridgehead atoms. The Labute approximate surface area is 93.1 Å². The van der Waals surface area contributed by atoms with Crippen LogP contribution in [0, 0.1) is 0 Å². The van der Waals surface area contributed by atoms with Crippen molar-refractivity contribution >= 4 is 0 Å². The number of likely N-dealkylation sites (tertiary alicyclic amines) is 1. The fourth-order valence-corrected chi connectivity index (χ4v) is 3.03. The van der Waals surface area contributed by atoms with Crippen LogP contribution in [0.2, 0.25) is 0 Å². The number of aliphatic hydroxyl groups is 1. The molecule has 2 unspecified atom stereocenters. The molecule has 1 saturated carbocycles. The van der Waals surface area contributed by atoms with E-state index >= 15 is 0 Å². The van der Waals surface area contributed by atoms with E-state index in [0.29, 0.717) is 6.04 Å². The zero-order valence-corrected chi connectivity index (χ0v) is 10.0. The summed E-state index contributed by atoms with van der Waals surface area (Å²) in [5.74, 6) is 0. The third-order valence-electron chi connectivity index (χ3n) is 4.12. The van der Waals surface area contributed by atoms with Crippen LogP contribution in [-0.4, -0.2) is 60.3 Å². The zero-order valence-electron chi connectivity index (χ0n) is 10.0. The standard InChI is InChI=1S/C12H24N2O/c1-13(2)10-5-7-14(8-6-10)11-3-4-12(15)9-11/h10-12,15H,3-9H2,1-2H3. The summed E-state index contributed by atoms with van der Waals surface area (Å²) in [5.41, 5.74) is 0. The summed E-state index contributed by atoms with van der Waals surface area (Å²) < 4.78 is 0. The lowest BCUT2D eigenvalue weighted by atomic mass is 10.0. The van der Waals surface area contributed by atoms with Crippen LogP contribution in [0.3, 0.4) is 0 Å². The Morgan fingerprint density at radius 3 is 2.20 bits per heavy atom. The maximum atomic E-state index is 9.54. The molecule has 1 aliphatic heterocycles. The molecule has 1 saturated heterocycles. The van der Waals surface area contributed by atoms with Gasteiger partial charge >= 0.3 is 0 Å². The van der Waals surface area contributed by atoms with Gasteiger partial charge in [-0.15, -0.1) is 0 Å². The van der Waals surface area contributed by atoms with Crippen LogP contribution in [0.1, 0.15) is 32.1 Å². The first-order chi connectivity index (χ1) is 7.16. The van der Waals surface area contributed by atoms with E-state index in [0.717, 1.165) is 18.9 Å². The molecule has 3 heteroatoms. The predicted molar refractivity (Wildman–Crippen MR) is 61.9 cm³/mol. The van der Waals surface area contributed by atoms with Crippen molar-refractivity contribution in [3.05, 3.63) is 0 Å². The summed E-state index contributed by atoms with van der Waals surface area (Å²) in [5, 5.41) is 9.54. The van der Waals surface area contributed by atoms with Gasteiger partial charge in [-0.3, -0.25) is 0 Å². The highest BCUT2D eigenvalue weighted by Gasteiger charge is 2.30. The number of nitrogens with zero attached hydrogens (tertiary/aromatic N) is 2. The van der Waals surface area contributed by atoms with Gasteiger partial charge in [-0.1, -0.05) is 0 Å². The van der Waals surface area contributed by atoms with Crippen molar-refractivity contribution in [2.75, 3.05) is 27.2 Å². The maximum Gasteiger partial charge on any atom is 0.0555 e. The molecule has 0 aromatic heterocycles. The first kappa shape index (κ1) is 11.4. The van der Waals surface area contributed by atoms with Gasteiger partial charge in [0.1, 0.15) is 0 Å². The third-order valence-corrected chi connectivity index (χ3v) is 4.12. The lowest BCUT2D eigenvalue weighted by molar-refractivity contribution is 0.0994. The molecule has 3 nitrogen and oxygen atoms in total. The lowest BCUT2D eigenvalue weighted by Gasteiger charge is -2.38. The van der Waals surface area contributed by atoms with Gasteiger partial charge in [0.2, 0.25) is 0 Å². The molecule has 2 rings (SSSR count). The number of hydrogen-bond acceptors (Lipinski definition) is 3. The van der Waals surface area contributed by atoms with Gasteiger partial charge in [-0.2, -0.15) is 0 Å². The average Bonchev–Trinajstić information content (AvgIpc) is 2.65. The number of hydrogen-bond donors (Lipinski definition) is 1. The monoisotopic (exact) mass is 212 g/mol. The summed E-state index contributed by atoms with van der Waals surface area (Å²) in [6, 6.07) is 1.44. The van der Waals surface area contributed by atoms with E-state index in [1.807, 2.05) is 0 Å². The van der Waals surface area contributed by atoms with Crippen LogP contribution >= 0.6 is 0 Å². The molecule has 15 heavy (non-hydrogen) atoms. The summed E-state index contributed by atoms with van der Waals surface area (Å²) in [6.07, 6.45) is 5.78. The quantitative estimate of drug-likeness (QED) is 0.737. The molecule has 0 amide bonds. The van der Waals surface area contributed by atoms with Crippen molar-refractivity contribution in [1.29, 1.82) is 0 Å². The van der Waals surface area contributed by atoms with E-state index in [1.54, 1.807) is 0 Å². The molecule has 88 valence electrons. The Bertz CT molecular complexity index is 200. The molecule has 0 radical (unpaired) electrons. The highest BCUT2D eigenvalue weighted by atomic mass is 16.3. The smallest absolute Gasteiger partial charge is 0.0555 e. The van der Waals surface area contributed by atoms with E-state index in [9.17, 15) is 5.11 Å². The highest BCUT2D eigenvalue weighted by molar-refractivity contribution is 4.86. The fourth-order valence-electron chi connectivity index (χ4n) is 3.03. The Morgan fingerprint density at radius 2 is 1.73 bits per heavy atom. The van der Waals surface area contributed by atoms with Crippen molar-refractivity contribution in [3.63, 3.8) is 0 Å². The molecule has 1 aliphatic carbocycles. The highest BCUT2D eigenvalue weighted by Crippen LogP contribution is 2.27. The van der Waals surface area contributed by atoms with Gasteiger partial charge in [0.25, 0.3) is 0 Å². The molecule has 2 aliphatic rings. The van der Waals surface area contributed by atoms with Gasteiger partial charge in [0, 0.05) is 12.1 Å². The zero-order chi connectivity index (χ0) is 10.8. The summed E-state index contributed by atoms with van der Waals surface area (Å²) in [4.78, 5) is 4.94. The van der Waals surface area contributed by atoms with Crippen LogP contribution in [-0.2, 0) is 0 Å². The SMILES string of the molecule is CN(C)C1CCN(C2CCC(O)C2)CC1. The van der Waals surface area contributed by atoms with Crippen LogP contribution in [0.5, 0.6) is 0 Å². The maximum absolute atomic E-state index is 9.54. The summed E-state index contributed by atoms with van der Waals surface area (Å²) >= 11 is 0. The fraction of sp³-hybridized carbons (Fsp3) is 1.00. The molecule has 2 atom stereocenters. The van der Waals surface area contributed by atoms with Crippen molar-refractivity contribution in [2.24, 2.45) is 0 Å². The first-order valence-corrected chi connectivity index (χ1v) is 6.25. The number of rotatable bonds is 2. The first-order valence-electron chi connectivity index (χ1n) is 6.25. The number of aliphatic hydroxyl groups excluding tert-OH is 1. The van der Waals surface area contributed by atoms with E-state index < -0.39 is 0 Å². The molecular formula is C12H24N2O. The Kier molecular flexibility index (Phi) is 3.65. The average molecular weight is 212 g/mol. The van der Waals surface area contributed by atoms with Gasteiger partial charge in [-0.25, -0.2) is 0 Å². The summed E-state index contributed by atoms with van der Waals surface area (Å²) in [6.45, 7) is 2.44. The van der Waals surface area contributed by atoms with Crippen molar-refractivity contribution in [3.8, 4) is 0 Å². The predicted octanol–water partition coefficient (Wildman–Crippen LogP) is 0.926. The molecule has 0 aromatic rings. The van der Waals surface area contributed by atoms with E-state index in [-0.39, 0.29) is 6.10 Å². The van der Waals surface area contributed by atoms with E-state index in [1.165, 1.54) is 32.4 Å². The Hall–Kier alpha value is -0.120. The molecule has 1 heterocycles. The number of piperidine rings is 1. The molecule has 2 fully saturated rings. The Balaban J connectivity index is 1.78. The molecule has 0 aromatic carbocycles. The van der Waals surface area contributed by atoms with Crippen molar-refractivity contribution in [1.82, 2.24) is 9.80 Å². The van der Waals surface area contributed by atoms with Gasteiger partial charge in [0.05, 0.1) is 6.10 Å². The van der Waals surface area contributed by atoms with E-state index in [2.05, 4.69) is 23.9 Å². The van der Waals surface area contributed by atoms with Crippen LogP contribution in [0.15, 0.2) is 0 Å². The van der Waals surface area contributed by atoms with Gasteiger partial charge < -0.3 is 14.9 Å². The normalized spacial score (nSPS) is 35.2. The largest absolute Gasteiger partial charge is 0.393 e. The third kappa shape index (κ3) is 2.71. The second-order valence-corrected chi connectivity index (χ2v) is 5.35. The van der Waals surface area contributed by atoms with Crippen LogP contribution < -0.4 is 0 Å². The molecule has 0 spiro atoms. The van der Waals surface area contributed by atoms with Gasteiger partial charge in [0.15, 0.2) is 0 Å². The summed E-state index contributed by atoms with van der Waals surface area (Å²) in [7, 11) is 4.36. The minimum Gasteiger partial charge on any atom is -0.393 e. The second kappa shape index (κ2) is 4.81. The van der Waals surface area contributed by atoms with E-state index in [4.69, 9.17) is 0 Å². The van der Waals surface area contributed by atoms with Crippen LogP contribution in [0.4, 0.5) is 0 Å². The minimum absolute atomic E-state index is 0.0263. The van der Waals surface area contributed by atoms with Gasteiger partial charge in [-0.05, 0) is 59.3 Å². The lowest BCUT2D eigenvalue weighted by Crippen LogP contribution is -2.45. The van der Waals surface area contributed by atoms with Crippen molar-refractivity contribution in [2.45, 2.75) is 50.3 Å². The Morgan fingerprint density at radius 1 is 1.07 bits per heavy atom. The molecular weight excluding hydrogens is 188 g/mol.